The van der Waals surface area contributed by atoms with Gasteiger partial charge >= 0.3 is 18.5 Å². The number of allylic oxidation sites excluding steroid dienone is 1. The van der Waals surface area contributed by atoms with Crippen LogP contribution in [0.4, 0.5) is 50.9 Å². The monoisotopic (exact) mass is 452 g/mol. The lowest BCUT2D eigenvalue weighted by molar-refractivity contribution is -0.300. The first-order chi connectivity index (χ1) is 13.1. The highest BCUT2D eigenvalue weighted by Gasteiger charge is 2.74. The van der Waals surface area contributed by atoms with Crippen molar-refractivity contribution in [3.8, 4) is 0 Å². The van der Waals surface area contributed by atoms with Gasteiger partial charge in [-0.3, -0.25) is 0 Å². The van der Waals surface area contributed by atoms with Gasteiger partial charge in [0.15, 0.2) is 0 Å². The van der Waals surface area contributed by atoms with Gasteiger partial charge in [0.1, 0.15) is 11.5 Å². The van der Waals surface area contributed by atoms with Crippen molar-refractivity contribution >= 4 is 29.0 Å². The van der Waals surface area contributed by atoms with Crippen LogP contribution >= 0.6 is 11.8 Å². The maximum atomic E-state index is 13.8. The van der Waals surface area contributed by atoms with Crippen LogP contribution in [0.1, 0.15) is 12.5 Å². The predicted molar refractivity (Wildman–Crippen MR) is 91.1 cm³/mol. The van der Waals surface area contributed by atoms with Crippen LogP contribution in [-0.4, -0.2) is 30.1 Å². The van der Waals surface area contributed by atoms with E-state index >= 15 is 0 Å². The van der Waals surface area contributed by atoms with Crippen molar-refractivity contribution < 1.29 is 39.5 Å². The van der Waals surface area contributed by atoms with Crippen LogP contribution in [0.3, 0.4) is 0 Å². The van der Waals surface area contributed by atoms with Gasteiger partial charge in [-0.15, -0.1) is 11.8 Å². The minimum Gasteiger partial charge on any atom is -0.399 e. The second kappa shape index (κ2) is 7.22. The molecule has 0 aliphatic carbocycles. The molecule has 0 radical (unpaired) electrons. The molecule has 1 aromatic carbocycles. The number of amidine groups is 1. The highest BCUT2D eigenvalue weighted by Crippen LogP contribution is 2.57. The van der Waals surface area contributed by atoms with Crippen molar-refractivity contribution in [1.29, 1.82) is 0 Å². The number of benzene rings is 1. The minimum absolute atomic E-state index is 0.137. The van der Waals surface area contributed by atoms with Crippen molar-refractivity contribution in [2.45, 2.75) is 31.0 Å². The van der Waals surface area contributed by atoms with E-state index in [1.165, 1.54) is 6.92 Å². The first-order valence-electron chi connectivity index (χ1n) is 7.66. The first-order valence-corrected chi connectivity index (χ1v) is 8.65. The Labute approximate surface area is 162 Å². The molecule has 1 heterocycles. The minimum atomic E-state index is -6.03. The lowest BCUT2D eigenvalue weighted by Gasteiger charge is -2.39. The number of fused-ring (bicyclic) bond motifs is 1. The molecular formula is C15H13F9N4S. The Balaban J connectivity index is 2.94. The van der Waals surface area contributed by atoms with E-state index < -0.39 is 51.8 Å². The summed E-state index contributed by atoms with van der Waals surface area (Å²) in [5.74, 6) is -1.44. The van der Waals surface area contributed by atoms with Gasteiger partial charge in [-0.2, -0.15) is 39.5 Å². The lowest BCUT2D eigenvalue weighted by Crippen LogP contribution is -2.55. The molecule has 29 heavy (non-hydrogen) atoms. The summed E-state index contributed by atoms with van der Waals surface area (Å²) in [4.78, 5) is 1.64. The van der Waals surface area contributed by atoms with Crippen LogP contribution in [0.2, 0.25) is 0 Å². The summed E-state index contributed by atoms with van der Waals surface area (Å²) in [7, 11) is 0. The molecule has 0 saturated carbocycles. The quantitative estimate of drug-likeness (QED) is 0.451. The number of thioether (sulfide) groups is 1. The largest absolute Gasteiger partial charge is 0.431 e. The number of nitrogens with two attached hydrogens (primary N) is 2. The number of hydrogen-bond donors (Lipinski definition) is 3. The van der Waals surface area contributed by atoms with E-state index in [0.717, 1.165) is 12.1 Å². The van der Waals surface area contributed by atoms with Crippen molar-refractivity contribution in [3.63, 3.8) is 0 Å². The number of nitrogens with zero attached hydrogens (tertiary/aromatic N) is 1. The molecule has 4 nitrogen and oxygen atoms in total. The van der Waals surface area contributed by atoms with Crippen LogP contribution in [0.5, 0.6) is 0 Å². The highest BCUT2D eigenvalue weighted by molar-refractivity contribution is 8.04. The van der Waals surface area contributed by atoms with Crippen LogP contribution in [0.15, 0.2) is 33.8 Å². The SMILES string of the molecule is CCSC(C1=NC(C(F)(F)F)(C(F)(F)F)c2ccc(N)cc2N1)=C(N)C(F)(F)F. The third-order valence-corrected chi connectivity index (χ3v) is 4.83. The van der Waals surface area contributed by atoms with Gasteiger partial charge in [0.25, 0.3) is 5.54 Å². The smallest absolute Gasteiger partial charge is 0.399 e. The summed E-state index contributed by atoms with van der Waals surface area (Å²) in [5, 5.41) is 2.09. The van der Waals surface area contributed by atoms with Gasteiger partial charge in [-0.1, -0.05) is 13.0 Å². The molecule has 0 saturated heterocycles. The summed E-state index contributed by atoms with van der Waals surface area (Å²) in [6.07, 6.45) is -17.3. The van der Waals surface area contributed by atoms with E-state index in [0.29, 0.717) is 17.8 Å². The van der Waals surface area contributed by atoms with E-state index in [1.807, 2.05) is 0 Å². The Kier molecular flexibility index (Phi) is 5.73. The van der Waals surface area contributed by atoms with E-state index in [9.17, 15) is 39.5 Å². The number of anilines is 2. The molecule has 0 atom stereocenters. The van der Waals surface area contributed by atoms with Crippen LogP contribution < -0.4 is 16.8 Å². The molecule has 1 aromatic rings. The van der Waals surface area contributed by atoms with Crippen molar-refractivity contribution in [2.75, 3.05) is 16.8 Å². The molecule has 162 valence electrons. The zero-order chi connectivity index (χ0) is 22.4. The Bertz CT molecular complexity index is 839. The summed E-state index contributed by atoms with van der Waals surface area (Å²) >= 11 is 0.294. The molecule has 2 rings (SSSR count). The topological polar surface area (TPSA) is 76.4 Å². The number of nitrogen functional groups attached to an aromatic ring is 1. The van der Waals surface area contributed by atoms with E-state index in [2.05, 4.69) is 10.3 Å². The molecule has 0 bridgehead atoms. The number of halogens is 9. The van der Waals surface area contributed by atoms with Gasteiger partial charge in [-0.25, -0.2) is 4.99 Å². The fourth-order valence-corrected chi connectivity index (χ4v) is 3.40. The van der Waals surface area contributed by atoms with Crippen molar-refractivity contribution in [1.82, 2.24) is 0 Å². The Morgan fingerprint density at radius 2 is 1.62 bits per heavy atom. The number of rotatable bonds is 3. The van der Waals surface area contributed by atoms with Gasteiger partial charge in [0.2, 0.25) is 0 Å². The number of hydrogen-bond acceptors (Lipinski definition) is 5. The zero-order valence-electron chi connectivity index (χ0n) is 14.4. The summed E-state index contributed by atoms with van der Waals surface area (Å²) < 4.78 is 122. The average Bonchev–Trinajstić information content (AvgIpc) is 2.54. The summed E-state index contributed by atoms with van der Waals surface area (Å²) in [5.41, 5.74) is 1.40. The van der Waals surface area contributed by atoms with E-state index in [1.54, 1.807) is 0 Å². The van der Waals surface area contributed by atoms with E-state index in [4.69, 9.17) is 11.5 Å². The fourth-order valence-electron chi connectivity index (χ4n) is 2.61. The van der Waals surface area contributed by atoms with Crippen LogP contribution in [-0.2, 0) is 5.54 Å². The second-order valence-corrected chi connectivity index (χ2v) is 7.04. The van der Waals surface area contributed by atoms with E-state index in [-0.39, 0.29) is 11.4 Å². The van der Waals surface area contributed by atoms with Crippen molar-refractivity contribution in [3.05, 3.63) is 34.4 Å². The maximum Gasteiger partial charge on any atom is 0.431 e. The summed E-state index contributed by atoms with van der Waals surface area (Å²) in [6, 6.07) is 2.02. The molecule has 0 unspecified atom stereocenters. The Morgan fingerprint density at radius 3 is 2.07 bits per heavy atom. The Morgan fingerprint density at radius 1 is 1.07 bits per heavy atom. The molecule has 0 spiro atoms. The predicted octanol–water partition coefficient (Wildman–Crippen LogP) is 4.90. The third-order valence-electron chi connectivity index (χ3n) is 3.84. The highest BCUT2D eigenvalue weighted by atomic mass is 32.2. The lowest BCUT2D eigenvalue weighted by atomic mass is 9.85. The van der Waals surface area contributed by atoms with Gasteiger partial charge in [0.05, 0.1) is 4.91 Å². The van der Waals surface area contributed by atoms with Crippen LogP contribution in [0.25, 0.3) is 0 Å². The standard InChI is InChI=1S/C15H13F9N4S/c1-2-29-9(10(26)13(16,17)18)11-27-8-5-6(25)3-4-7(8)12(28-11,14(19,20)21)15(22,23)24/h3-5H,2,25-26H2,1H3,(H,27,28). The normalized spacial score (nSPS) is 17.8. The zero-order valence-corrected chi connectivity index (χ0v) is 15.2. The average molecular weight is 452 g/mol. The third kappa shape index (κ3) is 3.94. The molecule has 5 N–H and O–H groups in total. The number of alkyl halides is 9. The Hall–Kier alpha value is -2.25. The van der Waals surface area contributed by atoms with Gasteiger partial charge in [0, 0.05) is 16.9 Å². The molecule has 14 heteroatoms. The number of aliphatic imine (C=N–C) groups is 1. The summed E-state index contributed by atoms with van der Waals surface area (Å²) in [6.45, 7) is 1.34. The second-order valence-electron chi connectivity index (χ2n) is 5.77. The van der Waals surface area contributed by atoms with Gasteiger partial charge < -0.3 is 16.8 Å². The molecule has 0 fully saturated rings. The molecule has 0 aromatic heterocycles. The molecular weight excluding hydrogens is 439 g/mol. The first kappa shape index (κ1) is 23.0. The van der Waals surface area contributed by atoms with Crippen LogP contribution in [0, 0.1) is 0 Å². The fraction of sp³-hybridized carbons (Fsp3) is 0.400. The maximum absolute atomic E-state index is 13.8. The molecule has 0 amide bonds. The molecule has 1 aliphatic rings. The number of nitrogens with one attached hydrogen (secondary N) is 1. The van der Waals surface area contributed by atoms with Crippen molar-refractivity contribution in [2.24, 2.45) is 10.7 Å². The van der Waals surface area contributed by atoms with Gasteiger partial charge in [-0.05, 0) is 17.9 Å². The molecule has 1 aliphatic heterocycles.